The van der Waals surface area contributed by atoms with Crippen molar-refractivity contribution in [2.75, 3.05) is 0 Å². The minimum Gasteiger partial charge on any atom is -0.460 e. The van der Waals surface area contributed by atoms with Crippen molar-refractivity contribution in [2.45, 2.75) is 32.9 Å². The first-order valence-electron chi connectivity index (χ1n) is 6.03. The summed E-state index contributed by atoms with van der Waals surface area (Å²) >= 11 is 0. The van der Waals surface area contributed by atoms with Crippen LogP contribution in [0.2, 0.25) is 0 Å². The van der Waals surface area contributed by atoms with Gasteiger partial charge in [-0.2, -0.15) is 0 Å². The van der Waals surface area contributed by atoms with Crippen molar-refractivity contribution in [2.24, 2.45) is 5.41 Å². The summed E-state index contributed by atoms with van der Waals surface area (Å²) in [5.74, 6) is -0.418. The summed E-state index contributed by atoms with van der Waals surface area (Å²) in [7, 11) is 0. The van der Waals surface area contributed by atoms with Gasteiger partial charge in [0.15, 0.2) is 0 Å². The Morgan fingerprint density at radius 3 is 2.67 bits per heavy atom. The number of esters is 1. The van der Waals surface area contributed by atoms with Crippen LogP contribution >= 0.6 is 0 Å². The van der Waals surface area contributed by atoms with Crippen molar-refractivity contribution in [1.82, 2.24) is 5.32 Å². The third-order valence-corrected chi connectivity index (χ3v) is 3.54. The summed E-state index contributed by atoms with van der Waals surface area (Å²) in [6.07, 6.45) is 0.196. The fourth-order valence-electron chi connectivity index (χ4n) is 2.08. The fraction of sp³-hybridized carbons (Fsp3) is 0.429. The molecule has 1 aromatic carbocycles. The van der Waals surface area contributed by atoms with E-state index in [9.17, 15) is 9.59 Å². The molecular weight excluding hydrogens is 230 g/mol. The molecule has 0 unspecified atom stereocenters. The number of nitrogens with one attached hydrogen (secondary N) is 1. The molecule has 1 aromatic rings. The normalized spacial score (nSPS) is 26.8. The highest BCUT2D eigenvalue weighted by atomic mass is 16.5. The van der Waals surface area contributed by atoms with E-state index in [4.69, 9.17) is 4.74 Å². The molecule has 1 amide bonds. The lowest BCUT2D eigenvalue weighted by molar-refractivity contribution is -0.157. The monoisotopic (exact) mass is 247 g/mol. The van der Waals surface area contributed by atoms with Gasteiger partial charge in [0.05, 0.1) is 5.41 Å². The Bertz CT molecular complexity index is 457. The first-order chi connectivity index (χ1) is 8.52. The molecule has 2 atom stereocenters. The summed E-state index contributed by atoms with van der Waals surface area (Å²) in [5.41, 5.74) is 0.186. The molecule has 1 heterocycles. The predicted molar refractivity (Wildman–Crippen MR) is 66.6 cm³/mol. The highest BCUT2D eigenvalue weighted by Gasteiger charge is 2.47. The predicted octanol–water partition coefficient (Wildman–Crippen LogP) is 1.64. The molecule has 0 bridgehead atoms. The van der Waals surface area contributed by atoms with E-state index in [0.717, 1.165) is 5.56 Å². The van der Waals surface area contributed by atoms with Crippen LogP contribution in [0.25, 0.3) is 0 Å². The lowest BCUT2D eigenvalue weighted by Crippen LogP contribution is -2.39. The molecule has 1 aliphatic heterocycles. The number of carbonyl (C=O) groups is 2. The number of benzene rings is 1. The number of ether oxygens (including phenoxy) is 1. The summed E-state index contributed by atoms with van der Waals surface area (Å²) in [4.78, 5) is 23.4. The smallest absolute Gasteiger partial charge is 0.314 e. The van der Waals surface area contributed by atoms with Crippen LogP contribution in [0, 0.1) is 5.41 Å². The largest absolute Gasteiger partial charge is 0.460 e. The molecule has 1 fully saturated rings. The lowest BCUT2D eigenvalue weighted by Gasteiger charge is -2.24. The average molecular weight is 247 g/mol. The summed E-state index contributed by atoms with van der Waals surface area (Å²) in [6.45, 7) is 3.84. The summed E-state index contributed by atoms with van der Waals surface area (Å²) in [6, 6.07) is 9.32. The van der Waals surface area contributed by atoms with E-state index in [0.29, 0.717) is 0 Å². The highest BCUT2D eigenvalue weighted by Crippen LogP contribution is 2.32. The SMILES string of the molecule is C[C@@H]1NC(=O)C[C@@]1(C)C(=O)OCc1ccccc1. The molecule has 0 spiro atoms. The zero-order valence-corrected chi connectivity index (χ0v) is 10.6. The molecule has 1 saturated heterocycles. The number of hydrogen-bond acceptors (Lipinski definition) is 3. The van der Waals surface area contributed by atoms with E-state index in [1.54, 1.807) is 6.92 Å². The van der Waals surface area contributed by atoms with E-state index in [-0.39, 0.29) is 30.9 Å². The minimum atomic E-state index is -0.758. The Labute approximate surface area is 106 Å². The third-order valence-electron chi connectivity index (χ3n) is 3.54. The van der Waals surface area contributed by atoms with Gasteiger partial charge in [0, 0.05) is 12.5 Å². The summed E-state index contributed by atoms with van der Waals surface area (Å²) in [5, 5.41) is 2.75. The fourth-order valence-corrected chi connectivity index (χ4v) is 2.08. The molecule has 4 nitrogen and oxygen atoms in total. The van der Waals surface area contributed by atoms with Gasteiger partial charge >= 0.3 is 5.97 Å². The van der Waals surface area contributed by atoms with E-state index in [2.05, 4.69) is 5.32 Å². The Hall–Kier alpha value is -1.84. The number of hydrogen-bond donors (Lipinski definition) is 1. The highest BCUT2D eigenvalue weighted by molar-refractivity contribution is 5.90. The van der Waals surface area contributed by atoms with Gasteiger partial charge in [0.1, 0.15) is 6.61 Å². The van der Waals surface area contributed by atoms with Crippen LogP contribution in [0.15, 0.2) is 30.3 Å². The molecule has 1 N–H and O–H groups in total. The number of carbonyl (C=O) groups excluding carboxylic acids is 2. The maximum atomic E-state index is 12.1. The average Bonchev–Trinajstić information content (AvgIpc) is 2.62. The van der Waals surface area contributed by atoms with Crippen LogP contribution in [0.4, 0.5) is 0 Å². The molecule has 18 heavy (non-hydrogen) atoms. The van der Waals surface area contributed by atoms with Gasteiger partial charge in [-0.3, -0.25) is 9.59 Å². The van der Waals surface area contributed by atoms with Crippen LogP contribution in [0.5, 0.6) is 0 Å². The van der Waals surface area contributed by atoms with Crippen molar-refractivity contribution in [1.29, 1.82) is 0 Å². The van der Waals surface area contributed by atoms with E-state index >= 15 is 0 Å². The van der Waals surface area contributed by atoms with Crippen molar-refractivity contribution < 1.29 is 14.3 Å². The van der Waals surface area contributed by atoms with Gasteiger partial charge in [0.25, 0.3) is 0 Å². The minimum absolute atomic E-state index is 0.0957. The van der Waals surface area contributed by atoms with Crippen molar-refractivity contribution >= 4 is 11.9 Å². The molecule has 96 valence electrons. The zero-order chi connectivity index (χ0) is 13.2. The first kappa shape index (κ1) is 12.6. The van der Waals surface area contributed by atoms with Crippen molar-refractivity contribution in [3.05, 3.63) is 35.9 Å². The number of amides is 1. The Kier molecular flexibility index (Phi) is 3.36. The zero-order valence-electron chi connectivity index (χ0n) is 10.6. The van der Waals surface area contributed by atoms with Crippen LogP contribution in [0.3, 0.4) is 0 Å². The second kappa shape index (κ2) is 4.80. The van der Waals surface area contributed by atoms with E-state index < -0.39 is 5.41 Å². The second-order valence-corrected chi connectivity index (χ2v) is 4.95. The van der Waals surface area contributed by atoms with Crippen molar-refractivity contribution in [3.8, 4) is 0 Å². The van der Waals surface area contributed by atoms with Crippen LogP contribution < -0.4 is 5.32 Å². The topological polar surface area (TPSA) is 55.4 Å². The molecule has 1 aliphatic rings. The van der Waals surface area contributed by atoms with Gasteiger partial charge in [-0.1, -0.05) is 30.3 Å². The standard InChI is InChI=1S/C14H17NO3/c1-10-14(2,8-12(16)15-10)13(17)18-9-11-6-4-3-5-7-11/h3-7,10H,8-9H2,1-2H3,(H,15,16)/t10-,14+/m0/s1. The molecule has 4 heteroatoms. The Balaban J connectivity index is 1.98. The summed E-state index contributed by atoms with van der Waals surface area (Å²) < 4.78 is 5.30. The van der Waals surface area contributed by atoms with Gasteiger partial charge in [-0.05, 0) is 19.4 Å². The van der Waals surface area contributed by atoms with Gasteiger partial charge in [-0.25, -0.2) is 0 Å². The van der Waals surface area contributed by atoms with Gasteiger partial charge in [-0.15, -0.1) is 0 Å². The molecular formula is C14H17NO3. The number of rotatable bonds is 3. The maximum absolute atomic E-state index is 12.1. The van der Waals surface area contributed by atoms with Crippen LogP contribution in [-0.2, 0) is 20.9 Å². The first-order valence-corrected chi connectivity index (χ1v) is 6.03. The third kappa shape index (κ3) is 2.37. The Morgan fingerprint density at radius 1 is 1.44 bits per heavy atom. The Morgan fingerprint density at radius 2 is 2.11 bits per heavy atom. The maximum Gasteiger partial charge on any atom is 0.314 e. The lowest BCUT2D eigenvalue weighted by atomic mass is 9.83. The van der Waals surface area contributed by atoms with Crippen LogP contribution in [-0.4, -0.2) is 17.9 Å². The quantitative estimate of drug-likeness (QED) is 0.826. The molecule has 0 aliphatic carbocycles. The van der Waals surface area contributed by atoms with Gasteiger partial charge < -0.3 is 10.1 Å². The molecule has 0 aromatic heterocycles. The molecule has 0 saturated carbocycles. The van der Waals surface area contributed by atoms with Crippen molar-refractivity contribution in [3.63, 3.8) is 0 Å². The van der Waals surface area contributed by atoms with Gasteiger partial charge in [0.2, 0.25) is 5.91 Å². The van der Waals surface area contributed by atoms with Crippen LogP contribution in [0.1, 0.15) is 25.8 Å². The van der Waals surface area contributed by atoms with E-state index in [1.165, 1.54) is 0 Å². The molecule has 0 radical (unpaired) electrons. The van der Waals surface area contributed by atoms with E-state index in [1.807, 2.05) is 37.3 Å². The second-order valence-electron chi connectivity index (χ2n) is 4.95. The molecule has 2 rings (SSSR count).